The van der Waals surface area contributed by atoms with Crippen LogP contribution < -0.4 is 20.7 Å². The van der Waals surface area contributed by atoms with Crippen LogP contribution in [0, 0.1) is 5.41 Å². The molecule has 150 valence electrons. The Balaban J connectivity index is 0.000000646. The molecule has 1 atom stereocenters. The molecular formula is C16H24N4O6S. The van der Waals surface area contributed by atoms with Gasteiger partial charge in [0.05, 0.1) is 11.9 Å². The van der Waals surface area contributed by atoms with E-state index in [1.807, 2.05) is 20.8 Å². The summed E-state index contributed by atoms with van der Waals surface area (Å²) in [4.78, 5) is 26.0. The molecule has 0 radical (unpaired) electrons. The molecule has 1 aromatic carbocycles. The van der Waals surface area contributed by atoms with Crippen molar-refractivity contribution in [2.45, 2.75) is 39.3 Å². The predicted molar refractivity (Wildman–Crippen MR) is 101 cm³/mol. The lowest BCUT2D eigenvalue weighted by Gasteiger charge is -2.36. The predicted octanol–water partition coefficient (Wildman–Crippen LogP) is 0.726. The van der Waals surface area contributed by atoms with Gasteiger partial charge in [0.1, 0.15) is 5.75 Å². The molecule has 2 amide bonds. The third kappa shape index (κ3) is 6.53. The molecule has 0 bridgehead atoms. The van der Waals surface area contributed by atoms with Crippen LogP contribution in [-0.4, -0.2) is 49.1 Å². The first-order valence-corrected chi connectivity index (χ1v) is 9.91. The first-order valence-electron chi connectivity index (χ1n) is 8.06. The van der Waals surface area contributed by atoms with E-state index in [1.54, 1.807) is 23.1 Å². The van der Waals surface area contributed by atoms with Crippen LogP contribution in [0.3, 0.4) is 0 Å². The molecule has 1 aliphatic rings. The molecule has 1 heterocycles. The van der Waals surface area contributed by atoms with Crippen molar-refractivity contribution in [3.63, 3.8) is 0 Å². The largest absolute Gasteiger partial charge is 0.478 e. The van der Waals surface area contributed by atoms with Gasteiger partial charge in [-0.05, 0) is 38.5 Å². The molecule has 11 heteroatoms. The molecule has 1 aromatic rings. The van der Waals surface area contributed by atoms with Crippen molar-refractivity contribution in [1.82, 2.24) is 5.32 Å². The topological polar surface area (TPSA) is 163 Å². The number of hydrogen-bond acceptors (Lipinski definition) is 6. The van der Waals surface area contributed by atoms with Gasteiger partial charge < -0.3 is 15.4 Å². The number of carbonyl (C=O) groups excluding carboxylic acids is 2. The Morgan fingerprint density at radius 2 is 2.00 bits per heavy atom. The van der Waals surface area contributed by atoms with Crippen molar-refractivity contribution in [2.24, 2.45) is 5.73 Å². The number of nitrogens with zero attached hydrogens (tertiary/aromatic N) is 1. The van der Waals surface area contributed by atoms with Crippen molar-refractivity contribution < 1.29 is 27.3 Å². The van der Waals surface area contributed by atoms with E-state index < -0.39 is 28.1 Å². The number of nitrogens with one attached hydrogen (secondary N) is 2. The summed E-state index contributed by atoms with van der Waals surface area (Å²) in [6, 6.07) is 4.81. The maximum absolute atomic E-state index is 12.4. The van der Waals surface area contributed by atoms with Crippen molar-refractivity contribution in [3.8, 4) is 5.75 Å². The molecule has 5 N–H and O–H groups in total. The van der Waals surface area contributed by atoms with Crippen LogP contribution in [0.25, 0.3) is 0 Å². The third-order valence-electron chi connectivity index (χ3n) is 3.40. The molecule has 0 fully saturated rings. The van der Waals surface area contributed by atoms with E-state index >= 15 is 0 Å². The highest BCUT2D eigenvalue weighted by Gasteiger charge is 2.35. The lowest BCUT2D eigenvalue weighted by atomic mass is 10.1. The first kappa shape index (κ1) is 22.4. The zero-order valence-corrected chi connectivity index (χ0v) is 16.3. The molecule has 1 aliphatic heterocycles. The number of rotatable bonds is 3. The highest BCUT2D eigenvalue weighted by molar-refractivity contribution is 7.85. The second kappa shape index (κ2) is 8.82. The number of nitrogens with two attached hydrogens (primary N) is 1. The Labute approximate surface area is 157 Å². The van der Waals surface area contributed by atoms with Crippen molar-refractivity contribution in [2.75, 3.05) is 11.2 Å². The minimum absolute atomic E-state index is 0.0129. The standard InChI is InChI=1S/C15H20N4O3.CH4O3S/c1-4-11-14(21)19(8(2)3)10-6-5-9(7-12(10)22-11)13(20)18-15(16)17;1-5(2,3)4/h5-8,11H,4H2,1-3H3,(H4,16,17,18,20);1H3,(H,2,3,4)/t11-;/m1./s1. The van der Waals surface area contributed by atoms with Crippen LogP contribution in [0.5, 0.6) is 5.75 Å². The van der Waals surface area contributed by atoms with Crippen LogP contribution >= 0.6 is 0 Å². The zero-order valence-electron chi connectivity index (χ0n) is 15.5. The Bertz CT molecular complexity index is 829. The van der Waals surface area contributed by atoms with E-state index in [9.17, 15) is 18.0 Å². The van der Waals surface area contributed by atoms with Gasteiger partial charge in [0.2, 0.25) is 0 Å². The maximum Gasteiger partial charge on any atom is 0.268 e. The Kier molecular flexibility index (Phi) is 7.31. The van der Waals surface area contributed by atoms with Gasteiger partial charge in [-0.3, -0.25) is 24.9 Å². The number of carbonyl (C=O) groups is 2. The molecule has 0 spiro atoms. The highest BCUT2D eigenvalue weighted by Crippen LogP contribution is 2.36. The second-order valence-corrected chi connectivity index (χ2v) is 7.57. The van der Waals surface area contributed by atoms with Gasteiger partial charge in [0.25, 0.3) is 21.9 Å². The highest BCUT2D eigenvalue weighted by atomic mass is 32.2. The molecule has 27 heavy (non-hydrogen) atoms. The lowest BCUT2D eigenvalue weighted by molar-refractivity contribution is -0.126. The molecule has 2 rings (SSSR count). The quantitative estimate of drug-likeness (QED) is 0.330. The molecule has 0 saturated carbocycles. The molecule has 0 aliphatic carbocycles. The molecule has 0 unspecified atom stereocenters. The summed E-state index contributed by atoms with van der Waals surface area (Å²) in [7, 11) is -3.67. The van der Waals surface area contributed by atoms with E-state index in [0.717, 1.165) is 0 Å². The van der Waals surface area contributed by atoms with Crippen LogP contribution in [0.2, 0.25) is 0 Å². The van der Waals surface area contributed by atoms with E-state index in [0.29, 0.717) is 29.7 Å². The number of ether oxygens (including phenoxy) is 1. The van der Waals surface area contributed by atoms with Gasteiger partial charge in [0, 0.05) is 11.6 Å². The number of amides is 2. The monoisotopic (exact) mass is 400 g/mol. The summed E-state index contributed by atoms with van der Waals surface area (Å²) in [5.74, 6) is -0.503. The minimum Gasteiger partial charge on any atom is -0.478 e. The number of fused-ring (bicyclic) bond motifs is 1. The fraction of sp³-hybridized carbons (Fsp3) is 0.438. The lowest BCUT2D eigenvalue weighted by Crippen LogP contribution is -2.49. The van der Waals surface area contributed by atoms with Crippen LogP contribution in [0.4, 0.5) is 5.69 Å². The summed E-state index contributed by atoms with van der Waals surface area (Å²) in [6.07, 6.45) is 0.708. The van der Waals surface area contributed by atoms with Gasteiger partial charge in [-0.1, -0.05) is 6.92 Å². The fourth-order valence-corrected chi connectivity index (χ4v) is 2.41. The number of hydrogen-bond donors (Lipinski definition) is 4. The average molecular weight is 400 g/mol. The Hall–Kier alpha value is -2.66. The van der Waals surface area contributed by atoms with Gasteiger partial charge >= 0.3 is 0 Å². The molecular weight excluding hydrogens is 376 g/mol. The molecule has 0 aromatic heterocycles. The van der Waals surface area contributed by atoms with Crippen molar-refractivity contribution >= 4 is 33.6 Å². The summed E-state index contributed by atoms with van der Waals surface area (Å²) in [5, 5.41) is 9.32. The number of anilines is 1. The van der Waals surface area contributed by atoms with Gasteiger partial charge in [0.15, 0.2) is 12.1 Å². The van der Waals surface area contributed by atoms with Crippen LogP contribution in [0.1, 0.15) is 37.6 Å². The van der Waals surface area contributed by atoms with Gasteiger partial charge in [-0.2, -0.15) is 8.42 Å². The van der Waals surface area contributed by atoms with Crippen LogP contribution in [0.15, 0.2) is 18.2 Å². The minimum atomic E-state index is -3.67. The van der Waals surface area contributed by atoms with Gasteiger partial charge in [-0.25, -0.2) is 0 Å². The Morgan fingerprint density at radius 3 is 2.44 bits per heavy atom. The molecule has 0 saturated heterocycles. The summed E-state index contributed by atoms with van der Waals surface area (Å²) in [6.45, 7) is 5.73. The summed E-state index contributed by atoms with van der Waals surface area (Å²) in [5.41, 5.74) is 6.12. The summed E-state index contributed by atoms with van der Waals surface area (Å²) < 4.78 is 31.6. The third-order valence-corrected chi connectivity index (χ3v) is 3.40. The first-order chi connectivity index (χ1) is 12.3. The van der Waals surface area contributed by atoms with E-state index in [4.69, 9.17) is 20.4 Å². The van der Waals surface area contributed by atoms with E-state index in [-0.39, 0.29) is 11.9 Å². The second-order valence-electron chi connectivity index (χ2n) is 6.10. The fourth-order valence-electron chi connectivity index (χ4n) is 2.41. The average Bonchev–Trinajstić information content (AvgIpc) is 2.51. The number of guanidine groups is 1. The zero-order chi connectivity index (χ0) is 20.9. The summed E-state index contributed by atoms with van der Waals surface area (Å²) >= 11 is 0. The normalized spacial score (nSPS) is 16.0. The number of benzene rings is 1. The SMILES string of the molecule is CC[C@H]1Oc2cc(C(=O)NC(=N)N)ccc2N(C(C)C)C1=O.CS(=O)(=O)O. The van der Waals surface area contributed by atoms with Crippen LogP contribution in [-0.2, 0) is 14.9 Å². The molecule has 10 nitrogen and oxygen atoms in total. The van der Waals surface area contributed by atoms with Crippen molar-refractivity contribution in [3.05, 3.63) is 23.8 Å². The smallest absolute Gasteiger partial charge is 0.268 e. The maximum atomic E-state index is 12.4. The van der Waals surface area contributed by atoms with Crippen molar-refractivity contribution in [1.29, 1.82) is 5.41 Å². The van der Waals surface area contributed by atoms with Gasteiger partial charge in [-0.15, -0.1) is 0 Å². The Morgan fingerprint density at radius 1 is 1.44 bits per heavy atom. The van der Waals surface area contributed by atoms with E-state index in [2.05, 4.69) is 5.32 Å². The van der Waals surface area contributed by atoms with E-state index in [1.165, 1.54) is 0 Å².